The second kappa shape index (κ2) is 6.30. The lowest BCUT2D eigenvalue weighted by Crippen LogP contribution is -2.48. The van der Waals surface area contributed by atoms with Crippen LogP contribution in [0.15, 0.2) is 47.3 Å². The number of ether oxygens (including phenoxy) is 2. The van der Waals surface area contributed by atoms with Crippen LogP contribution < -0.4 is 15.0 Å². The van der Waals surface area contributed by atoms with E-state index < -0.39 is 0 Å². The van der Waals surface area contributed by atoms with Gasteiger partial charge >= 0.3 is 0 Å². The highest BCUT2D eigenvalue weighted by atomic mass is 16.7. The summed E-state index contributed by atoms with van der Waals surface area (Å²) in [5.41, 5.74) is 2.02. The van der Waals surface area contributed by atoms with Crippen molar-refractivity contribution in [3.63, 3.8) is 0 Å². The number of carbonyl (C=O) groups is 1. The first-order valence-corrected chi connectivity index (χ1v) is 9.24. The quantitative estimate of drug-likeness (QED) is 0.767. The van der Waals surface area contributed by atoms with Gasteiger partial charge in [0.1, 0.15) is 0 Å². The standard InChI is InChI=1S/C21H20N2O4/c24-20(7-5-14-4-6-18-19(9-14)27-13-26-18)22-10-15-8-16(12-22)17-2-1-3-21(25)23(17)11-15/h1-7,9,15-16H,8,10-13H2/t15-,16+/m1/s1. The zero-order valence-electron chi connectivity index (χ0n) is 14.8. The van der Waals surface area contributed by atoms with Crippen LogP contribution in [0, 0.1) is 5.92 Å². The molecule has 1 fully saturated rings. The van der Waals surface area contributed by atoms with E-state index >= 15 is 0 Å². The summed E-state index contributed by atoms with van der Waals surface area (Å²) in [6.07, 6.45) is 4.48. The summed E-state index contributed by atoms with van der Waals surface area (Å²) < 4.78 is 12.6. The van der Waals surface area contributed by atoms with Gasteiger partial charge in [-0.25, -0.2) is 0 Å². The van der Waals surface area contributed by atoms with Crippen molar-refractivity contribution >= 4 is 12.0 Å². The first-order valence-electron chi connectivity index (χ1n) is 9.24. The molecule has 0 saturated carbocycles. The lowest BCUT2D eigenvalue weighted by Gasteiger charge is -2.42. The van der Waals surface area contributed by atoms with Gasteiger partial charge in [-0.15, -0.1) is 0 Å². The first-order chi connectivity index (χ1) is 13.2. The number of piperidine rings is 1. The monoisotopic (exact) mass is 364 g/mol. The smallest absolute Gasteiger partial charge is 0.250 e. The number of aromatic nitrogens is 1. The van der Waals surface area contributed by atoms with Crippen LogP contribution in [0.5, 0.6) is 11.5 Å². The Morgan fingerprint density at radius 2 is 1.96 bits per heavy atom. The first kappa shape index (κ1) is 16.2. The number of nitrogens with zero attached hydrogens (tertiary/aromatic N) is 2. The van der Waals surface area contributed by atoms with E-state index in [2.05, 4.69) is 0 Å². The molecule has 3 aliphatic rings. The Morgan fingerprint density at radius 3 is 2.89 bits per heavy atom. The number of carbonyl (C=O) groups excluding carboxylic acids is 1. The summed E-state index contributed by atoms with van der Waals surface area (Å²) >= 11 is 0. The Balaban J connectivity index is 1.33. The molecule has 1 aromatic heterocycles. The molecule has 3 aliphatic heterocycles. The fourth-order valence-corrected chi connectivity index (χ4v) is 4.37. The van der Waals surface area contributed by atoms with Crippen LogP contribution in [-0.2, 0) is 11.3 Å². The van der Waals surface area contributed by atoms with Crippen LogP contribution in [0.4, 0.5) is 0 Å². The van der Waals surface area contributed by atoms with E-state index in [1.165, 1.54) is 0 Å². The van der Waals surface area contributed by atoms with Gasteiger partial charge in [-0.1, -0.05) is 12.1 Å². The number of hydrogen-bond donors (Lipinski definition) is 0. The van der Waals surface area contributed by atoms with Crippen LogP contribution in [-0.4, -0.2) is 35.3 Å². The number of rotatable bonds is 2. The average molecular weight is 364 g/mol. The van der Waals surface area contributed by atoms with Gasteiger partial charge in [0.25, 0.3) is 5.56 Å². The third-order valence-corrected chi connectivity index (χ3v) is 5.61. The molecule has 0 N–H and O–H groups in total. The molecule has 2 bridgehead atoms. The van der Waals surface area contributed by atoms with Gasteiger partial charge in [-0.2, -0.15) is 0 Å². The van der Waals surface area contributed by atoms with E-state index in [1.54, 1.807) is 12.1 Å². The van der Waals surface area contributed by atoms with Gasteiger partial charge in [0.05, 0.1) is 0 Å². The normalized spacial score (nSPS) is 22.7. The Hall–Kier alpha value is -3.02. The van der Waals surface area contributed by atoms with E-state index in [1.807, 2.05) is 45.9 Å². The van der Waals surface area contributed by atoms with Gasteiger partial charge in [-0.3, -0.25) is 9.59 Å². The van der Waals surface area contributed by atoms with Crippen molar-refractivity contribution < 1.29 is 14.3 Å². The van der Waals surface area contributed by atoms with Crippen molar-refractivity contribution in [1.29, 1.82) is 0 Å². The van der Waals surface area contributed by atoms with Gasteiger partial charge < -0.3 is 18.9 Å². The van der Waals surface area contributed by atoms with Crippen molar-refractivity contribution in [2.75, 3.05) is 19.9 Å². The second-order valence-electron chi connectivity index (χ2n) is 7.39. The molecule has 0 unspecified atom stereocenters. The molecule has 1 amide bonds. The molecule has 0 radical (unpaired) electrons. The maximum atomic E-state index is 12.7. The topological polar surface area (TPSA) is 60.8 Å². The molecule has 0 spiro atoms. The lowest BCUT2D eigenvalue weighted by molar-refractivity contribution is -0.128. The number of pyridine rings is 1. The van der Waals surface area contributed by atoms with Gasteiger partial charge in [0.15, 0.2) is 11.5 Å². The fourth-order valence-electron chi connectivity index (χ4n) is 4.37. The van der Waals surface area contributed by atoms with Crippen molar-refractivity contribution in [1.82, 2.24) is 9.47 Å². The predicted octanol–water partition coefficient (Wildman–Crippen LogP) is 2.24. The van der Waals surface area contributed by atoms with Crippen LogP contribution >= 0.6 is 0 Å². The summed E-state index contributed by atoms with van der Waals surface area (Å²) in [5.74, 6) is 2.01. The highest BCUT2D eigenvalue weighted by Gasteiger charge is 2.35. The molecule has 138 valence electrons. The molecule has 0 aliphatic carbocycles. The third-order valence-electron chi connectivity index (χ3n) is 5.61. The van der Waals surface area contributed by atoms with Crippen molar-refractivity contribution in [2.45, 2.75) is 18.9 Å². The Morgan fingerprint density at radius 1 is 1.07 bits per heavy atom. The molecule has 27 heavy (non-hydrogen) atoms. The maximum absolute atomic E-state index is 12.7. The number of hydrogen-bond acceptors (Lipinski definition) is 4. The number of fused-ring (bicyclic) bond motifs is 5. The maximum Gasteiger partial charge on any atom is 0.250 e. The van der Waals surface area contributed by atoms with Crippen molar-refractivity contribution in [2.24, 2.45) is 5.92 Å². The van der Waals surface area contributed by atoms with E-state index in [4.69, 9.17) is 9.47 Å². The van der Waals surface area contributed by atoms with E-state index in [-0.39, 0.29) is 24.2 Å². The van der Waals surface area contributed by atoms with Crippen LogP contribution in [0.1, 0.15) is 23.6 Å². The van der Waals surface area contributed by atoms with Gasteiger partial charge in [0.2, 0.25) is 12.7 Å². The van der Waals surface area contributed by atoms with Crippen molar-refractivity contribution in [3.8, 4) is 11.5 Å². The SMILES string of the molecule is O=C(C=Cc1ccc2c(c1)OCO2)N1C[C@H]2C[C@@H](C1)c1cccc(=O)n1C2. The Labute approximate surface area is 156 Å². The van der Waals surface area contributed by atoms with Crippen LogP contribution in [0.2, 0.25) is 0 Å². The molecule has 2 aromatic rings. The van der Waals surface area contributed by atoms with Gasteiger partial charge in [0, 0.05) is 43.4 Å². The van der Waals surface area contributed by atoms with E-state index in [0.29, 0.717) is 31.3 Å². The second-order valence-corrected chi connectivity index (χ2v) is 7.39. The lowest BCUT2D eigenvalue weighted by atomic mass is 9.83. The molecular weight excluding hydrogens is 344 g/mol. The number of benzene rings is 1. The predicted molar refractivity (Wildman–Crippen MR) is 99.7 cm³/mol. The molecule has 4 heterocycles. The zero-order chi connectivity index (χ0) is 18.4. The summed E-state index contributed by atoms with van der Waals surface area (Å²) in [5, 5.41) is 0. The van der Waals surface area contributed by atoms with E-state index in [9.17, 15) is 9.59 Å². The molecule has 1 aromatic carbocycles. The van der Waals surface area contributed by atoms with Crippen LogP contribution in [0.3, 0.4) is 0 Å². The molecule has 6 heteroatoms. The minimum atomic E-state index is 0.00842. The summed E-state index contributed by atoms with van der Waals surface area (Å²) in [7, 11) is 0. The average Bonchev–Trinajstić information content (AvgIpc) is 3.14. The third kappa shape index (κ3) is 2.91. The zero-order valence-corrected chi connectivity index (χ0v) is 14.8. The molecule has 5 rings (SSSR count). The summed E-state index contributed by atoms with van der Waals surface area (Å²) in [6.45, 7) is 2.29. The molecule has 2 atom stereocenters. The summed E-state index contributed by atoms with van der Waals surface area (Å²) in [6, 6.07) is 11.1. The largest absolute Gasteiger partial charge is 0.454 e. The van der Waals surface area contributed by atoms with Gasteiger partial charge in [-0.05, 0) is 42.2 Å². The fraction of sp³-hybridized carbons (Fsp3) is 0.333. The molecule has 6 nitrogen and oxygen atoms in total. The minimum Gasteiger partial charge on any atom is -0.454 e. The molecule has 1 saturated heterocycles. The Bertz CT molecular complexity index is 994. The molecular formula is C21H20N2O4. The van der Waals surface area contributed by atoms with E-state index in [0.717, 1.165) is 23.4 Å². The van der Waals surface area contributed by atoms with Crippen molar-refractivity contribution in [3.05, 3.63) is 64.1 Å². The minimum absolute atomic E-state index is 0.00842. The highest BCUT2D eigenvalue weighted by Crippen LogP contribution is 2.35. The summed E-state index contributed by atoms with van der Waals surface area (Å²) in [4.78, 5) is 26.7. The Kier molecular flexibility index (Phi) is 3.77. The number of amides is 1. The van der Waals surface area contributed by atoms with Crippen LogP contribution in [0.25, 0.3) is 6.08 Å². The highest BCUT2D eigenvalue weighted by molar-refractivity contribution is 5.92. The number of likely N-dealkylation sites (tertiary alicyclic amines) is 1.